The highest BCUT2D eigenvalue weighted by Gasteiger charge is 2.39. The summed E-state index contributed by atoms with van der Waals surface area (Å²) in [7, 11) is 1.35. The maximum absolute atomic E-state index is 11.7. The summed E-state index contributed by atoms with van der Waals surface area (Å²) in [5, 5.41) is 2.81. The van der Waals surface area contributed by atoms with Crippen molar-refractivity contribution in [1.82, 2.24) is 10.2 Å². The maximum Gasteiger partial charge on any atom is 0.320 e. The van der Waals surface area contributed by atoms with Crippen LogP contribution in [0.1, 0.15) is 13.8 Å². The zero-order valence-corrected chi connectivity index (χ0v) is 11.3. The zero-order valence-electron chi connectivity index (χ0n) is 9.75. The molecule has 0 aromatic rings. The van der Waals surface area contributed by atoms with Gasteiger partial charge in [-0.15, -0.1) is 0 Å². The number of ether oxygens (including phenoxy) is 1. The van der Waals surface area contributed by atoms with Gasteiger partial charge in [-0.25, -0.2) is 0 Å². The van der Waals surface area contributed by atoms with E-state index < -0.39 is 10.4 Å². The summed E-state index contributed by atoms with van der Waals surface area (Å²) in [5.41, 5.74) is -0.585. The quantitative estimate of drug-likeness (QED) is 0.594. The molecule has 0 radical (unpaired) electrons. The normalized spacial score (nSPS) is 22.4. The molecule has 16 heavy (non-hydrogen) atoms. The molecule has 1 rings (SSSR count). The van der Waals surface area contributed by atoms with Gasteiger partial charge in [0.2, 0.25) is 5.91 Å². The number of esters is 1. The minimum Gasteiger partial charge on any atom is -0.468 e. The Morgan fingerprint density at radius 2 is 2.31 bits per heavy atom. The number of carbonyl (C=O) groups excluding carboxylic acids is 2. The number of hydrogen-bond acceptors (Lipinski definition) is 4. The molecule has 5 nitrogen and oxygen atoms in total. The number of alkyl halides is 1. The summed E-state index contributed by atoms with van der Waals surface area (Å²) in [6.45, 7) is 5.51. The standard InChI is InChI=1S/C10H17BrN2O3/c1-10(2)9(15)12-4-5-13(10)6-7(11)8(14)16-3/h7H,4-6H2,1-3H3,(H,12,15). The van der Waals surface area contributed by atoms with Gasteiger partial charge in [-0.1, -0.05) is 15.9 Å². The number of methoxy groups -OCH3 is 1. The predicted molar refractivity (Wildman–Crippen MR) is 63.4 cm³/mol. The van der Waals surface area contributed by atoms with Crippen molar-refractivity contribution < 1.29 is 14.3 Å². The summed E-state index contributed by atoms with van der Waals surface area (Å²) < 4.78 is 4.64. The third kappa shape index (κ3) is 2.74. The fraction of sp³-hybridized carbons (Fsp3) is 0.800. The molecule has 92 valence electrons. The Kier molecular flexibility index (Phi) is 4.32. The van der Waals surface area contributed by atoms with Crippen LogP contribution in [0.25, 0.3) is 0 Å². The van der Waals surface area contributed by atoms with E-state index >= 15 is 0 Å². The van der Waals surface area contributed by atoms with Gasteiger partial charge in [0.05, 0.1) is 12.6 Å². The number of nitrogens with one attached hydrogen (secondary N) is 1. The third-order valence-corrected chi connectivity index (χ3v) is 3.51. The second-order valence-corrected chi connectivity index (χ2v) is 5.36. The minimum atomic E-state index is -0.585. The molecule has 1 atom stereocenters. The summed E-state index contributed by atoms with van der Waals surface area (Å²) in [4.78, 5) is 24.5. The van der Waals surface area contributed by atoms with Gasteiger partial charge in [0.1, 0.15) is 4.83 Å². The number of nitrogens with zero attached hydrogens (tertiary/aromatic N) is 1. The van der Waals surface area contributed by atoms with Crippen molar-refractivity contribution in [2.45, 2.75) is 24.2 Å². The van der Waals surface area contributed by atoms with E-state index in [-0.39, 0.29) is 11.9 Å². The third-order valence-electron chi connectivity index (χ3n) is 2.85. The smallest absolute Gasteiger partial charge is 0.320 e. The van der Waals surface area contributed by atoms with Gasteiger partial charge in [-0.05, 0) is 13.8 Å². The Bertz CT molecular complexity index is 294. The molecule has 1 N–H and O–H groups in total. The Balaban J connectivity index is 2.65. The molecule has 1 saturated heterocycles. The fourth-order valence-corrected chi connectivity index (χ4v) is 2.20. The highest BCUT2D eigenvalue weighted by Crippen LogP contribution is 2.19. The van der Waals surface area contributed by atoms with Gasteiger partial charge >= 0.3 is 5.97 Å². The van der Waals surface area contributed by atoms with Crippen molar-refractivity contribution in [3.63, 3.8) is 0 Å². The molecule has 6 heteroatoms. The molecular formula is C10H17BrN2O3. The predicted octanol–water partition coefficient (Wildman–Crippen LogP) is 0.133. The molecule has 0 aliphatic carbocycles. The van der Waals surface area contributed by atoms with Crippen LogP contribution in [0.3, 0.4) is 0 Å². The van der Waals surface area contributed by atoms with Crippen LogP contribution in [0.4, 0.5) is 0 Å². The molecule has 0 saturated carbocycles. The molecule has 0 aromatic heterocycles. The molecule has 1 aliphatic rings. The van der Waals surface area contributed by atoms with Crippen LogP contribution in [-0.4, -0.2) is 53.9 Å². The van der Waals surface area contributed by atoms with Gasteiger partial charge in [0, 0.05) is 19.6 Å². The van der Waals surface area contributed by atoms with Gasteiger partial charge in [0.25, 0.3) is 0 Å². The first-order valence-corrected chi connectivity index (χ1v) is 6.06. The zero-order chi connectivity index (χ0) is 12.3. The van der Waals surface area contributed by atoms with E-state index in [9.17, 15) is 9.59 Å². The summed E-state index contributed by atoms with van der Waals surface area (Å²) in [6, 6.07) is 0. The van der Waals surface area contributed by atoms with Crippen molar-refractivity contribution in [2.75, 3.05) is 26.7 Å². The van der Waals surface area contributed by atoms with Gasteiger partial charge in [0.15, 0.2) is 0 Å². The van der Waals surface area contributed by atoms with E-state index in [2.05, 4.69) is 26.0 Å². The average molecular weight is 293 g/mol. The van der Waals surface area contributed by atoms with Crippen LogP contribution < -0.4 is 5.32 Å². The van der Waals surface area contributed by atoms with E-state index in [1.807, 2.05) is 18.7 Å². The van der Waals surface area contributed by atoms with Crippen molar-refractivity contribution in [3.05, 3.63) is 0 Å². The SMILES string of the molecule is COC(=O)C(Br)CN1CCNC(=O)C1(C)C. The minimum absolute atomic E-state index is 0.0108. The first kappa shape index (κ1) is 13.4. The highest BCUT2D eigenvalue weighted by atomic mass is 79.9. The Morgan fingerprint density at radius 3 is 2.88 bits per heavy atom. The number of hydrogen-bond donors (Lipinski definition) is 1. The van der Waals surface area contributed by atoms with E-state index in [1.54, 1.807) is 0 Å². The number of carbonyl (C=O) groups is 2. The van der Waals surface area contributed by atoms with Crippen LogP contribution in [0.2, 0.25) is 0 Å². The molecule has 1 aliphatic heterocycles. The molecule has 0 bridgehead atoms. The number of piperazine rings is 1. The van der Waals surface area contributed by atoms with Gasteiger partial charge in [-0.2, -0.15) is 0 Å². The molecule has 1 unspecified atom stereocenters. The molecule has 1 heterocycles. The number of halogens is 1. The van der Waals surface area contributed by atoms with E-state index in [0.29, 0.717) is 13.1 Å². The van der Waals surface area contributed by atoms with Crippen LogP contribution in [0.15, 0.2) is 0 Å². The Labute approximate surface area is 104 Å². The lowest BCUT2D eigenvalue weighted by Crippen LogP contribution is -2.63. The second-order valence-electron chi connectivity index (χ2n) is 4.25. The lowest BCUT2D eigenvalue weighted by molar-refractivity contribution is -0.142. The van der Waals surface area contributed by atoms with Crippen LogP contribution in [-0.2, 0) is 14.3 Å². The highest BCUT2D eigenvalue weighted by molar-refractivity contribution is 9.10. The topological polar surface area (TPSA) is 58.6 Å². The monoisotopic (exact) mass is 292 g/mol. The van der Waals surface area contributed by atoms with Gasteiger partial charge in [-0.3, -0.25) is 14.5 Å². The molecule has 0 spiro atoms. The van der Waals surface area contributed by atoms with Crippen molar-refractivity contribution in [3.8, 4) is 0 Å². The molecule has 1 fully saturated rings. The van der Waals surface area contributed by atoms with Crippen LogP contribution >= 0.6 is 15.9 Å². The first-order valence-electron chi connectivity index (χ1n) is 5.15. The van der Waals surface area contributed by atoms with E-state index in [1.165, 1.54) is 7.11 Å². The molecule has 1 amide bonds. The van der Waals surface area contributed by atoms with E-state index in [4.69, 9.17) is 0 Å². The number of amides is 1. The van der Waals surface area contributed by atoms with Crippen molar-refractivity contribution in [1.29, 1.82) is 0 Å². The average Bonchev–Trinajstić information content (AvgIpc) is 2.24. The lowest BCUT2D eigenvalue weighted by Gasteiger charge is -2.41. The summed E-state index contributed by atoms with van der Waals surface area (Å²) in [6.07, 6.45) is 0. The first-order chi connectivity index (χ1) is 7.39. The maximum atomic E-state index is 11.7. The Hall–Kier alpha value is -0.620. The Morgan fingerprint density at radius 1 is 1.69 bits per heavy atom. The van der Waals surface area contributed by atoms with Crippen molar-refractivity contribution in [2.24, 2.45) is 0 Å². The van der Waals surface area contributed by atoms with E-state index in [0.717, 1.165) is 6.54 Å². The fourth-order valence-electron chi connectivity index (χ4n) is 1.66. The number of rotatable bonds is 3. The summed E-state index contributed by atoms with van der Waals surface area (Å²) in [5.74, 6) is -0.329. The van der Waals surface area contributed by atoms with Gasteiger partial charge < -0.3 is 10.1 Å². The summed E-state index contributed by atoms with van der Waals surface area (Å²) >= 11 is 3.26. The lowest BCUT2D eigenvalue weighted by atomic mass is 9.99. The van der Waals surface area contributed by atoms with Crippen molar-refractivity contribution >= 4 is 27.8 Å². The van der Waals surface area contributed by atoms with Crippen LogP contribution in [0.5, 0.6) is 0 Å². The van der Waals surface area contributed by atoms with Crippen LogP contribution in [0, 0.1) is 0 Å². The largest absolute Gasteiger partial charge is 0.468 e. The molecule has 0 aromatic carbocycles. The second kappa shape index (κ2) is 5.14. The molecular weight excluding hydrogens is 276 g/mol.